The normalized spacial score (nSPS) is 11.3. The van der Waals surface area contributed by atoms with Crippen LogP contribution in [0.15, 0.2) is 24.4 Å². The Bertz CT molecular complexity index is 511. The number of benzene rings is 1. The molecule has 0 saturated heterocycles. The average Bonchev–Trinajstić information content (AvgIpc) is 2.71. The lowest BCUT2D eigenvalue weighted by molar-refractivity contribution is 0.667. The van der Waals surface area contributed by atoms with Gasteiger partial charge in [0, 0.05) is 23.6 Å². The highest BCUT2D eigenvalue weighted by Gasteiger charge is 2.07. The lowest BCUT2D eigenvalue weighted by Crippen LogP contribution is -2.04. The Hall–Kier alpha value is -1.28. The molecule has 2 aromatic rings. The van der Waals surface area contributed by atoms with Crippen LogP contribution in [0.3, 0.4) is 0 Å². The minimum Gasteiger partial charge on any atom is -0.347 e. The first-order chi connectivity index (χ1) is 8.76. The first-order valence-corrected chi connectivity index (χ1v) is 7.04. The second-order valence-electron chi connectivity index (χ2n) is 5.11. The number of unbranched alkanes of at least 4 members (excludes halogenated alkanes) is 1. The van der Waals surface area contributed by atoms with E-state index in [0.717, 1.165) is 19.5 Å². The Morgan fingerprint density at radius 1 is 1.22 bits per heavy atom. The first kappa shape index (κ1) is 13.2. The Morgan fingerprint density at radius 3 is 2.78 bits per heavy atom. The van der Waals surface area contributed by atoms with Crippen LogP contribution in [0, 0.1) is 6.92 Å². The minimum absolute atomic E-state index is 0.760. The zero-order chi connectivity index (χ0) is 13.0. The lowest BCUT2D eigenvalue weighted by Gasteiger charge is -2.04. The summed E-state index contributed by atoms with van der Waals surface area (Å²) in [4.78, 5) is 0. The van der Waals surface area contributed by atoms with Crippen LogP contribution in [-0.4, -0.2) is 11.1 Å². The molecule has 1 aromatic carbocycles. The lowest BCUT2D eigenvalue weighted by atomic mass is 10.1. The van der Waals surface area contributed by atoms with Crippen molar-refractivity contribution in [3.63, 3.8) is 0 Å². The van der Waals surface area contributed by atoms with E-state index < -0.39 is 0 Å². The summed E-state index contributed by atoms with van der Waals surface area (Å²) in [6.07, 6.45) is 7.08. The molecule has 0 aliphatic rings. The van der Waals surface area contributed by atoms with E-state index in [0.29, 0.717) is 0 Å². The smallest absolute Gasteiger partial charge is 0.0485 e. The van der Waals surface area contributed by atoms with Gasteiger partial charge in [0.25, 0.3) is 0 Å². The Balaban J connectivity index is 2.39. The third-order valence-corrected chi connectivity index (χ3v) is 3.52. The van der Waals surface area contributed by atoms with Crippen LogP contribution in [-0.2, 0) is 13.0 Å². The maximum Gasteiger partial charge on any atom is 0.0485 e. The molecule has 0 aliphatic heterocycles. The van der Waals surface area contributed by atoms with E-state index in [-0.39, 0.29) is 0 Å². The van der Waals surface area contributed by atoms with Gasteiger partial charge in [-0.2, -0.15) is 0 Å². The number of aromatic nitrogens is 1. The Labute approximate surface area is 110 Å². The number of rotatable bonds is 6. The largest absolute Gasteiger partial charge is 0.347 e. The van der Waals surface area contributed by atoms with Crippen molar-refractivity contribution < 1.29 is 0 Å². The number of hydrogen-bond donors (Lipinski definition) is 1. The molecule has 0 unspecified atom stereocenters. The van der Waals surface area contributed by atoms with Crippen molar-refractivity contribution >= 4 is 10.9 Å². The number of hydrogen-bond acceptors (Lipinski definition) is 1. The molecular weight excluding hydrogens is 220 g/mol. The molecule has 2 N–H and O–H groups in total. The van der Waals surface area contributed by atoms with Gasteiger partial charge in [-0.15, -0.1) is 0 Å². The second-order valence-corrected chi connectivity index (χ2v) is 5.11. The molecule has 1 aromatic heterocycles. The molecule has 0 fully saturated rings. The summed E-state index contributed by atoms with van der Waals surface area (Å²) in [5.74, 6) is 0. The zero-order valence-corrected chi connectivity index (χ0v) is 11.6. The molecule has 0 radical (unpaired) electrons. The van der Waals surface area contributed by atoms with Crippen molar-refractivity contribution in [3.8, 4) is 0 Å². The van der Waals surface area contributed by atoms with Gasteiger partial charge in [-0.3, -0.25) is 0 Å². The summed E-state index contributed by atoms with van der Waals surface area (Å²) in [5, 5.41) is 1.42. The van der Waals surface area contributed by atoms with Crippen molar-refractivity contribution in [3.05, 3.63) is 35.5 Å². The molecule has 0 spiro atoms. The fourth-order valence-electron chi connectivity index (χ4n) is 2.49. The Morgan fingerprint density at radius 2 is 2.06 bits per heavy atom. The van der Waals surface area contributed by atoms with E-state index in [1.807, 2.05) is 0 Å². The van der Waals surface area contributed by atoms with Crippen molar-refractivity contribution in [1.82, 2.24) is 4.57 Å². The number of nitrogens with zero attached hydrogens (tertiary/aromatic N) is 1. The van der Waals surface area contributed by atoms with Crippen LogP contribution in [0.5, 0.6) is 0 Å². The van der Waals surface area contributed by atoms with Crippen LogP contribution < -0.4 is 5.73 Å². The topological polar surface area (TPSA) is 30.9 Å². The predicted molar refractivity (Wildman–Crippen MR) is 79.0 cm³/mol. The van der Waals surface area contributed by atoms with Gasteiger partial charge in [-0.25, -0.2) is 0 Å². The standard InChI is InChI=1S/C16H24N2/c1-3-4-6-14-12-18(10-5-9-17)16-11-13(2)7-8-15(14)16/h7-8,11-12H,3-6,9-10,17H2,1-2H3. The maximum atomic E-state index is 5.62. The van der Waals surface area contributed by atoms with Gasteiger partial charge in [-0.05, 0) is 49.9 Å². The van der Waals surface area contributed by atoms with E-state index in [4.69, 9.17) is 5.73 Å². The molecule has 18 heavy (non-hydrogen) atoms. The van der Waals surface area contributed by atoms with Crippen LogP contribution in [0.2, 0.25) is 0 Å². The van der Waals surface area contributed by atoms with Gasteiger partial charge in [0.15, 0.2) is 0 Å². The van der Waals surface area contributed by atoms with Gasteiger partial charge in [0.1, 0.15) is 0 Å². The molecule has 0 saturated carbocycles. The van der Waals surface area contributed by atoms with Crippen molar-refractivity contribution in [2.24, 2.45) is 5.73 Å². The highest BCUT2D eigenvalue weighted by Crippen LogP contribution is 2.24. The molecule has 2 rings (SSSR count). The van der Waals surface area contributed by atoms with Gasteiger partial charge in [0.2, 0.25) is 0 Å². The summed E-state index contributed by atoms with van der Waals surface area (Å²) in [5.41, 5.74) is 9.81. The van der Waals surface area contributed by atoms with Crippen molar-refractivity contribution in [2.45, 2.75) is 46.1 Å². The molecule has 0 bridgehead atoms. The molecule has 0 aliphatic carbocycles. The summed E-state index contributed by atoms with van der Waals surface area (Å²) < 4.78 is 2.38. The number of fused-ring (bicyclic) bond motifs is 1. The van der Waals surface area contributed by atoms with E-state index in [1.165, 1.54) is 41.3 Å². The van der Waals surface area contributed by atoms with E-state index in [1.54, 1.807) is 0 Å². The molecule has 1 heterocycles. The number of nitrogens with two attached hydrogens (primary N) is 1. The maximum absolute atomic E-state index is 5.62. The van der Waals surface area contributed by atoms with E-state index in [2.05, 4.69) is 42.8 Å². The van der Waals surface area contributed by atoms with Gasteiger partial charge < -0.3 is 10.3 Å². The summed E-state index contributed by atoms with van der Waals surface area (Å²) in [7, 11) is 0. The number of aryl methyl sites for hydroxylation is 3. The van der Waals surface area contributed by atoms with E-state index >= 15 is 0 Å². The molecule has 2 nitrogen and oxygen atoms in total. The SMILES string of the molecule is CCCCc1cn(CCCN)c2cc(C)ccc12. The van der Waals surface area contributed by atoms with Crippen LogP contribution in [0.4, 0.5) is 0 Å². The predicted octanol–water partition coefficient (Wildman–Crippen LogP) is 3.64. The Kier molecular flexibility index (Phi) is 4.43. The van der Waals surface area contributed by atoms with Crippen LogP contribution >= 0.6 is 0 Å². The third-order valence-electron chi connectivity index (χ3n) is 3.52. The minimum atomic E-state index is 0.760. The summed E-state index contributed by atoms with van der Waals surface area (Å²) >= 11 is 0. The summed E-state index contributed by atoms with van der Waals surface area (Å²) in [6, 6.07) is 6.78. The molecular formula is C16H24N2. The molecule has 2 heteroatoms. The highest BCUT2D eigenvalue weighted by molar-refractivity contribution is 5.84. The second kappa shape index (κ2) is 6.05. The fraction of sp³-hybridized carbons (Fsp3) is 0.500. The summed E-state index contributed by atoms with van der Waals surface area (Å²) in [6.45, 7) is 6.20. The van der Waals surface area contributed by atoms with Gasteiger partial charge >= 0.3 is 0 Å². The van der Waals surface area contributed by atoms with Crippen molar-refractivity contribution in [2.75, 3.05) is 6.54 Å². The monoisotopic (exact) mass is 244 g/mol. The fourth-order valence-corrected chi connectivity index (χ4v) is 2.49. The molecule has 98 valence electrons. The van der Waals surface area contributed by atoms with Crippen molar-refractivity contribution in [1.29, 1.82) is 0 Å². The van der Waals surface area contributed by atoms with Crippen LogP contribution in [0.1, 0.15) is 37.3 Å². The average molecular weight is 244 g/mol. The quantitative estimate of drug-likeness (QED) is 0.826. The molecule has 0 amide bonds. The highest BCUT2D eigenvalue weighted by atomic mass is 15.0. The molecule has 0 atom stereocenters. The van der Waals surface area contributed by atoms with Crippen LogP contribution in [0.25, 0.3) is 10.9 Å². The third kappa shape index (κ3) is 2.75. The van der Waals surface area contributed by atoms with E-state index in [9.17, 15) is 0 Å². The van der Waals surface area contributed by atoms with Gasteiger partial charge in [-0.1, -0.05) is 25.5 Å². The van der Waals surface area contributed by atoms with Gasteiger partial charge in [0.05, 0.1) is 0 Å². The zero-order valence-electron chi connectivity index (χ0n) is 11.6. The first-order valence-electron chi connectivity index (χ1n) is 7.04.